The summed E-state index contributed by atoms with van der Waals surface area (Å²) in [5.41, 5.74) is 1.48. The molecule has 0 spiro atoms. The Morgan fingerprint density at radius 1 is 1.24 bits per heavy atom. The van der Waals surface area contributed by atoms with E-state index in [1.165, 1.54) is 25.7 Å². The van der Waals surface area contributed by atoms with Crippen molar-refractivity contribution in [2.75, 3.05) is 13.7 Å². The third kappa shape index (κ3) is 3.64. The van der Waals surface area contributed by atoms with Gasteiger partial charge in [0.15, 0.2) is 0 Å². The average Bonchev–Trinajstić information content (AvgIpc) is 2.70. The lowest BCUT2D eigenvalue weighted by Crippen LogP contribution is -2.45. The van der Waals surface area contributed by atoms with Gasteiger partial charge < -0.3 is 10.1 Å². The van der Waals surface area contributed by atoms with E-state index in [1.54, 1.807) is 13.0 Å². The minimum atomic E-state index is -0.207. The number of nitrogens with one attached hydrogen (secondary N) is 1. The van der Waals surface area contributed by atoms with Crippen LogP contribution in [0.2, 0.25) is 0 Å². The van der Waals surface area contributed by atoms with E-state index < -0.39 is 0 Å². The molecular formula is C18H28FNO. The van der Waals surface area contributed by atoms with E-state index in [4.69, 9.17) is 4.74 Å². The van der Waals surface area contributed by atoms with E-state index in [2.05, 4.69) is 12.2 Å². The Morgan fingerprint density at radius 3 is 2.43 bits per heavy atom. The Morgan fingerprint density at radius 2 is 1.90 bits per heavy atom. The molecule has 2 nitrogen and oxygen atoms in total. The molecule has 1 aliphatic carbocycles. The maximum Gasteiger partial charge on any atom is 0.126 e. The summed E-state index contributed by atoms with van der Waals surface area (Å²) in [7, 11) is 1.95. The van der Waals surface area contributed by atoms with E-state index >= 15 is 0 Å². The minimum absolute atomic E-state index is 0.0469. The summed E-state index contributed by atoms with van der Waals surface area (Å²) in [6.07, 6.45) is 7.00. The lowest BCUT2D eigenvalue weighted by atomic mass is 9.82. The van der Waals surface area contributed by atoms with E-state index in [-0.39, 0.29) is 17.5 Å². The summed E-state index contributed by atoms with van der Waals surface area (Å²) in [6.45, 7) is 4.55. The first-order chi connectivity index (χ1) is 10.1. The van der Waals surface area contributed by atoms with Gasteiger partial charge in [-0.3, -0.25) is 0 Å². The normalized spacial score (nSPS) is 20.0. The Kier molecular flexibility index (Phi) is 5.77. The third-order valence-corrected chi connectivity index (χ3v) is 4.73. The molecule has 1 atom stereocenters. The van der Waals surface area contributed by atoms with Gasteiger partial charge in [0.25, 0.3) is 0 Å². The van der Waals surface area contributed by atoms with Gasteiger partial charge >= 0.3 is 0 Å². The van der Waals surface area contributed by atoms with Crippen LogP contribution in [0, 0.1) is 12.7 Å². The molecule has 3 heteroatoms. The van der Waals surface area contributed by atoms with Crippen LogP contribution in [-0.4, -0.2) is 19.3 Å². The molecule has 1 saturated carbocycles. The molecule has 0 bridgehead atoms. The van der Waals surface area contributed by atoms with Gasteiger partial charge in [0.1, 0.15) is 5.82 Å². The highest BCUT2D eigenvalue weighted by Gasteiger charge is 2.40. The molecule has 1 N–H and O–H groups in total. The minimum Gasteiger partial charge on any atom is -0.373 e. The zero-order valence-corrected chi connectivity index (χ0v) is 13.5. The summed E-state index contributed by atoms with van der Waals surface area (Å²) in [4.78, 5) is 0. The smallest absolute Gasteiger partial charge is 0.126 e. The standard InChI is InChI=1S/C18H28FNO/c1-4-21-18(11-7-5-6-8-12-18)17(20-3)15-10-9-14(2)16(19)13-15/h9-10,13,17,20H,4-8,11-12H2,1-3H3. The molecule has 0 heterocycles. The van der Waals surface area contributed by atoms with Gasteiger partial charge in [-0.05, 0) is 50.9 Å². The molecular weight excluding hydrogens is 265 g/mol. The number of hydrogen-bond acceptors (Lipinski definition) is 2. The lowest BCUT2D eigenvalue weighted by Gasteiger charge is -2.40. The Balaban J connectivity index is 2.36. The van der Waals surface area contributed by atoms with Gasteiger partial charge in [0, 0.05) is 6.61 Å². The molecule has 1 aliphatic rings. The number of hydrogen-bond donors (Lipinski definition) is 1. The molecule has 0 saturated heterocycles. The Labute approximate surface area is 128 Å². The van der Waals surface area contributed by atoms with Crippen LogP contribution in [0.15, 0.2) is 18.2 Å². The highest BCUT2D eigenvalue weighted by Crippen LogP contribution is 2.40. The maximum atomic E-state index is 14.0. The van der Waals surface area contributed by atoms with Gasteiger partial charge in [-0.1, -0.05) is 37.8 Å². The number of ether oxygens (including phenoxy) is 1. The summed E-state index contributed by atoms with van der Waals surface area (Å²) in [6, 6.07) is 5.62. The van der Waals surface area contributed by atoms with Crippen LogP contribution < -0.4 is 5.32 Å². The summed E-state index contributed by atoms with van der Waals surface area (Å²) >= 11 is 0. The van der Waals surface area contributed by atoms with E-state index in [0.717, 1.165) is 18.4 Å². The van der Waals surface area contributed by atoms with Crippen molar-refractivity contribution in [2.45, 2.75) is 64.0 Å². The first kappa shape index (κ1) is 16.4. The largest absolute Gasteiger partial charge is 0.373 e. The first-order valence-corrected chi connectivity index (χ1v) is 8.20. The summed E-state index contributed by atoms with van der Waals surface area (Å²) in [5, 5.41) is 3.40. The summed E-state index contributed by atoms with van der Waals surface area (Å²) < 4.78 is 20.2. The maximum absolute atomic E-state index is 14.0. The van der Waals surface area contributed by atoms with Gasteiger partial charge in [0.05, 0.1) is 11.6 Å². The van der Waals surface area contributed by atoms with Crippen molar-refractivity contribution in [2.24, 2.45) is 0 Å². The second kappa shape index (κ2) is 7.37. The van der Waals surface area contributed by atoms with Crippen molar-refractivity contribution >= 4 is 0 Å². The molecule has 1 aromatic rings. The predicted molar refractivity (Wildman–Crippen MR) is 85.0 cm³/mol. The monoisotopic (exact) mass is 293 g/mol. The molecule has 1 unspecified atom stereocenters. The number of likely N-dealkylation sites (N-methyl/N-ethyl adjacent to an activating group) is 1. The van der Waals surface area contributed by atoms with Crippen LogP contribution in [0.25, 0.3) is 0 Å². The van der Waals surface area contributed by atoms with Crippen molar-refractivity contribution in [1.82, 2.24) is 5.32 Å². The Hall–Kier alpha value is -0.930. The molecule has 0 aliphatic heterocycles. The van der Waals surface area contributed by atoms with Crippen molar-refractivity contribution in [3.63, 3.8) is 0 Å². The van der Waals surface area contributed by atoms with Crippen LogP contribution in [0.3, 0.4) is 0 Å². The lowest BCUT2D eigenvalue weighted by molar-refractivity contribution is -0.0767. The quantitative estimate of drug-likeness (QED) is 0.806. The van der Waals surface area contributed by atoms with Crippen molar-refractivity contribution < 1.29 is 9.13 Å². The van der Waals surface area contributed by atoms with Crippen molar-refractivity contribution in [3.05, 3.63) is 35.1 Å². The second-order valence-electron chi connectivity index (χ2n) is 6.14. The van der Waals surface area contributed by atoms with E-state index in [1.807, 2.05) is 19.2 Å². The number of rotatable bonds is 5. The molecule has 0 aromatic heterocycles. The zero-order chi connectivity index (χ0) is 15.3. The van der Waals surface area contributed by atoms with Crippen LogP contribution in [0.1, 0.15) is 62.6 Å². The predicted octanol–water partition coefficient (Wildman–Crippen LogP) is 4.52. The van der Waals surface area contributed by atoms with Crippen LogP contribution in [0.4, 0.5) is 4.39 Å². The van der Waals surface area contributed by atoms with Gasteiger partial charge in [-0.25, -0.2) is 4.39 Å². The molecule has 1 fully saturated rings. The second-order valence-corrected chi connectivity index (χ2v) is 6.14. The molecule has 21 heavy (non-hydrogen) atoms. The average molecular weight is 293 g/mol. The fourth-order valence-corrected chi connectivity index (χ4v) is 3.65. The van der Waals surface area contributed by atoms with E-state index in [0.29, 0.717) is 12.2 Å². The van der Waals surface area contributed by atoms with Crippen LogP contribution in [-0.2, 0) is 4.74 Å². The number of benzene rings is 1. The Bertz CT molecular complexity index is 453. The molecule has 0 radical (unpaired) electrons. The fourth-order valence-electron chi connectivity index (χ4n) is 3.65. The number of aryl methyl sites for hydroxylation is 1. The molecule has 0 amide bonds. The van der Waals surface area contributed by atoms with Crippen LogP contribution >= 0.6 is 0 Å². The zero-order valence-electron chi connectivity index (χ0n) is 13.5. The van der Waals surface area contributed by atoms with Crippen molar-refractivity contribution in [3.8, 4) is 0 Å². The first-order valence-electron chi connectivity index (χ1n) is 8.20. The number of halogens is 1. The van der Waals surface area contributed by atoms with Gasteiger partial charge in [-0.15, -0.1) is 0 Å². The molecule has 2 rings (SSSR count). The third-order valence-electron chi connectivity index (χ3n) is 4.73. The SMILES string of the molecule is CCOC1(C(NC)c2ccc(C)c(F)c2)CCCCCC1. The summed E-state index contributed by atoms with van der Waals surface area (Å²) in [5.74, 6) is -0.131. The topological polar surface area (TPSA) is 21.3 Å². The molecule has 1 aromatic carbocycles. The van der Waals surface area contributed by atoms with Gasteiger partial charge in [-0.2, -0.15) is 0 Å². The highest BCUT2D eigenvalue weighted by atomic mass is 19.1. The highest BCUT2D eigenvalue weighted by molar-refractivity contribution is 5.28. The van der Waals surface area contributed by atoms with Crippen molar-refractivity contribution in [1.29, 1.82) is 0 Å². The van der Waals surface area contributed by atoms with Crippen LogP contribution in [0.5, 0.6) is 0 Å². The van der Waals surface area contributed by atoms with Gasteiger partial charge in [0.2, 0.25) is 0 Å². The molecule has 118 valence electrons. The van der Waals surface area contributed by atoms with E-state index in [9.17, 15) is 4.39 Å². The fraction of sp³-hybridized carbons (Fsp3) is 0.667.